The summed E-state index contributed by atoms with van der Waals surface area (Å²) in [6.07, 6.45) is 1.72. The smallest absolute Gasteiger partial charge is 0.305 e. The van der Waals surface area contributed by atoms with Crippen LogP contribution in [0.4, 0.5) is 10.1 Å². The zero-order valence-corrected chi connectivity index (χ0v) is 23.7. The second-order valence-corrected chi connectivity index (χ2v) is 12.3. The molecule has 9 nitrogen and oxygen atoms in total. The largest absolute Gasteiger partial charge is 0.508 e. The molecule has 2 aromatic carbocycles. The van der Waals surface area contributed by atoms with Crippen LogP contribution in [0.5, 0.6) is 5.75 Å². The molecule has 3 fully saturated rings. The molecule has 1 saturated carbocycles. The summed E-state index contributed by atoms with van der Waals surface area (Å²) in [5.41, 5.74) is -0.133. The van der Waals surface area contributed by atoms with Crippen LogP contribution in [0.1, 0.15) is 37.7 Å². The van der Waals surface area contributed by atoms with Crippen molar-refractivity contribution in [3.05, 3.63) is 69.5 Å². The minimum absolute atomic E-state index is 0.0808. The van der Waals surface area contributed by atoms with Gasteiger partial charge in [-0.3, -0.25) is 28.9 Å². The molecule has 0 radical (unpaired) electrons. The number of carboxylic acids is 1. The molecule has 6 atom stereocenters. The lowest BCUT2D eigenvalue weighted by atomic mass is 9.51. The van der Waals surface area contributed by atoms with Gasteiger partial charge in [-0.1, -0.05) is 40.9 Å². The van der Waals surface area contributed by atoms with Gasteiger partial charge >= 0.3 is 5.97 Å². The molecular weight excluding hydrogens is 590 g/mol. The normalized spacial score (nSPS) is 30.3. The Morgan fingerprint density at radius 3 is 2.43 bits per heavy atom. The number of hydrogen-bond acceptors (Lipinski definition) is 6. The highest BCUT2D eigenvalue weighted by Gasteiger charge is 2.67. The number of phenolic OH excluding ortho intramolecular Hbond substituents is 1. The van der Waals surface area contributed by atoms with Crippen LogP contribution in [0.15, 0.2) is 48.0 Å². The topological polar surface area (TPSA) is 132 Å². The Balaban J connectivity index is 1.49. The van der Waals surface area contributed by atoms with E-state index in [9.17, 15) is 33.5 Å². The van der Waals surface area contributed by atoms with Crippen molar-refractivity contribution in [2.45, 2.75) is 32.1 Å². The molecule has 2 aliphatic carbocycles. The number of nitrogens with zero attached hydrogens (tertiary/aromatic N) is 2. The lowest BCUT2D eigenvalue weighted by Gasteiger charge is -2.49. The number of hydrogen-bond donors (Lipinski definition) is 2. The average Bonchev–Trinajstić information content (AvgIpc) is 3.29. The highest BCUT2D eigenvalue weighted by molar-refractivity contribution is 6.32. The molecule has 6 unspecified atom stereocenters. The summed E-state index contributed by atoms with van der Waals surface area (Å²) in [6, 6.07) is 7.90. The van der Waals surface area contributed by atoms with Gasteiger partial charge in [-0.05, 0) is 61.6 Å². The molecule has 2 N–H and O–H groups in total. The first-order valence-corrected chi connectivity index (χ1v) is 14.2. The summed E-state index contributed by atoms with van der Waals surface area (Å²) >= 11 is 12.6. The summed E-state index contributed by atoms with van der Waals surface area (Å²) in [5, 5.41) is 19.1. The summed E-state index contributed by atoms with van der Waals surface area (Å²) < 4.78 is 14.0. The molecule has 218 valence electrons. The number of aliphatic carboxylic acids is 1. The molecule has 4 amide bonds. The van der Waals surface area contributed by atoms with Gasteiger partial charge in [0, 0.05) is 17.5 Å². The molecule has 2 heterocycles. The molecule has 0 spiro atoms. The first-order chi connectivity index (χ1) is 19.9. The third-order valence-electron chi connectivity index (χ3n) is 9.37. The zero-order chi connectivity index (χ0) is 30.2. The number of likely N-dealkylation sites (tertiary alicyclic amines) is 1. The molecule has 2 saturated heterocycles. The van der Waals surface area contributed by atoms with Crippen LogP contribution >= 0.6 is 23.2 Å². The second-order valence-electron chi connectivity index (χ2n) is 11.4. The highest BCUT2D eigenvalue weighted by Crippen LogP contribution is 2.64. The third kappa shape index (κ3) is 3.99. The number of allylic oxidation sites excluding steroid dienone is 2. The van der Waals surface area contributed by atoms with Gasteiger partial charge in [-0.2, -0.15) is 0 Å². The van der Waals surface area contributed by atoms with E-state index < -0.39 is 76.8 Å². The van der Waals surface area contributed by atoms with Crippen LogP contribution in [0.2, 0.25) is 10.0 Å². The van der Waals surface area contributed by atoms with E-state index in [-0.39, 0.29) is 40.9 Å². The Hall–Kier alpha value is -3.76. The Morgan fingerprint density at radius 2 is 1.76 bits per heavy atom. The summed E-state index contributed by atoms with van der Waals surface area (Å²) in [4.78, 5) is 68.5. The van der Waals surface area contributed by atoms with Crippen molar-refractivity contribution >= 4 is 58.5 Å². The van der Waals surface area contributed by atoms with Crippen molar-refractivity contribution in [1.29, 1.82) is 0 Å². The zero-order valence-electron chi connectivity index (χ0n) is 22.2. The molecule has 4 aliphatic rings. The van der Waals surface area contributed by atoms with Gasteiger partial charge < -0.3 is 10.2 Å². The van der Waals surface area contributed by atoms with Gasteiger partial charge in [0.2, 0.25) is 23.6 Å². The maximum atomic E-state index is 14.3. The number of anilines is 1. The number of carbonyl (C=O) groups excluding carboxylic acids is 4. The van der Waals surface area contributed by atoms with Gasteiger partial charge in [-0.25, -0.2) is 9.29 Å². The van der Waals surface area contributed by atoms with Crippen LogP contribution in [-0.2, 0) is 24.0 Å². The van der Waals surface area contributed by atoms with E-state index in [0.717, 1.165) is 15.9 Å². The molecule has 42 heavy (non-hydrogen) atoms. The number of benzene rings is 2. The fraction of sp³-hybridized carbons (Fsp3) is 0.367. The fourth-order valence-electron chi connectivity index (χ4n) is 7.47. The Morgan fingerprint density at radius 1 is 1.02 bits per heavy atom. The Kier molecular flexibility index (Phi) is 6.69. The van der Waals surface area contributed by atoms with Crippen molar-refractivity contribution in [2.75, 3.05) is 11.4 Å². The summed E-state index contributed by atoms with van der Waals surface area (Å²) in [5.74, 6) is -7.93. The van der Waals surface area contributed by atoms with Crippen molar-refractivity contribution in [1.82, 2.24) is 4.90 Å². The van der Waals surface area contributed by atoms with E-state index in [1.807, 2.05) is 6.08 Å². The minimum atomic E-state index is -1.39. The predicted molar refractivity (Wildman–Crippen MR) is 148 cm³/mol. The van der Waals surface area contributed by atoms with Crippen molar-refractivity contribution in [3.8, 4) is 5.75 Å². The van der Waals surface area contributed by atoms with Crippen LogP contribution in [0.25, 0.3) is 0 Å². The SMILES string of the molecule is CC12C(=O)N(c3ccc(F)c(Cl)c3)C(=O)C1CC1C(=CCC3C(=O)N(CCC(=O)O)C(=O)C31)C2c1ccc(O)cc1Cl. The average molecular weight is 615 g/mol. The molecule has 6 rings (SSSR count). The number of rotatable bonds is 5. The Labute approximate surface area is 249 Å². The first kappa shape index (κ1) is 28.4. The van der Waals surface area contributed by atoms with Gasteiger partial charge in [-0.15, -0.1) is 0 Å². The summed E-state index contributed by atoms with van der Waals surface area (Å²) in [6.45, 7) is 1.41. The predicted octanol–water partition coefficient (Wildman–Crippen LogP) is 4.54. The molecule has 12 heteroatoms. The summed E-state index contributed by atoms with van der Waals surface area (Å²) in [7, 11) is 0. The van der Waals surface area contributed by atoms with Crippen LogP contribution < -0.4 is 4.90 Å². The van der Waals surface area contributed by atoms with Crippen molar-refractivity contribution in [2.24, 2.45) is 29.1 Å². The standard InChI is InChI=1S/C30H25Cl2FN2O7/c1-30-19(27(40)35(29(30)42)13-2-7-22(33)21(32)10-13)12-18-15(25(30)16-4-3-14(36)11-20(16)31)5-6-17-24(18)28(41)34(26(17)39)9-8-23(37)38/h2-5,7,10-11,17-19,24-25,36H,6,8-9,12H2,1H3,(H,37,38). The number of phenols is 1. The van der Waals surface area contributed by atoms with E-state index in [1.54, 1.807) is 13.0 Å². The van der Waals surface area contributed by atoms with Crippen LogP contribution in [0, 0.1) is 34.9 Å². The Bertz CT molecular complexity index is 1630. The van der Waals surface area contributed by atoms with E-state index >= 15 is 0 Å². The number of aromatic hydroxyl groups is 1. The van der Waals surface area contributed by atoms with E-state index in [0.29, 0.717) is 11.1 Å². The van der Waals surface area contributed by atoms with E-state index in [1.165, 1.54) is 24.3 Å². The maximum Gasteiger partial charge on any atom is 0.305 e. The van der Waals surface area contributed by atoms with E-state index in [2.05, 4.69) is 0 Å². The first-order valence-electron chi connectivity index (χ1n) is 13.4. The molecule has 2 aromatic rings. The van der Waals surface area contributed by atoms with Crippen molar-refractivity contribution in [3.63, 3.8) is 0 Å². The minimum Gasteiger partial charge on any atom is -0.508 e. The number of halogens is 3. The molecule has 0 bridgehead atoms. The van der Waals surface area contributed by atoms with Crippen molar-refractivity contribution < 1.29 is 38.6 Å². The van der Waals surface area contributed by atoms with E-state index in [4.69, 9.17) is 28.3 Å². The molecular formula is C30H25Cl2FN2O7. The van der Waals surface area contributed by atoms with Gasteiger partial charge in [0.05, 0.1) is 40.3 Å². The number of carboxylic acid groups (broad SMARTS) is 1. The van der Waals surface area contributed by atoms with Gasteiger partial charge in [0.15, 0.2) is 0 Å². The third-order valence-corrected chi connectivity index (χ3v) is 9.99. The maximum absolute atomic E-state index is 14.3. The number of imide groups is 2. The lowest BCUT2D eigenvalue weighted by Crippen LogP contribution is -2.49. The van der Waals surface area contributed by atoms with Crippen LogP contribution in [0.3, 0.4) is 0 Å². The number of fused-ring (bicyclic) bond motifs is 4. The quantitative estimate of drug-likeness (QED) is 0.373. The molecule has 0 aromatic heterocycles. The monoisotopic (exact) mass is 614 g/mol. The number of amides is 4. The number of carbonyl (C=O) groups is 5. The second kappa shape index (κ2) is 9.91. The highest BCUT2D eigenvalue weighted by atomic mass is 35.5. The van der Waals surface area contributed by atoms with Gasteiger partial charge in [0.25, 0.3) is 0 Å². The lowest BCUT2D eigenvalue weighted by molar-refractivity contribution is -0.142. The molecule has 2 aliphatic heterocycles. The van der Waals surface area contributed by atoms with Crippen LogP contribution in [-0.4, -0.2) is 51.3 Å². The van der Waals surface area contributed by atoms with Gasteiger partial charge in [0.1, 0.15) is 11.6 Å². The fourth-order valence-corrected chi connectivity index (χ4v) is 7.93.